The fourth-order valence-corrected chi connectivity index (χ4v) is 4.61. The third kappa shape index (κ3) is 3.29. The maximum Gasteiger partial charge on any atom is 0.289 e. The number of rotatable bonds is 4. The van der Waals surface area contributed by atoms with E-state index in [1.165, 1.54) is 18.2 Å². The van der Waals surface area contributed by atoms with E-state index in [2.05, 4.69) is 20.7 Å². The molecule has 0 atom stereocenters. The molecule has 20 heavy (non-hydrogen) atoms. The first-order valence-electron chi connectivity index (χ1n) is 5.02. The molecule has 0 saturated carbocycles. The number of nitrogens with one attached hydrogen (secondary N) is 1. The van der Waals surface area contributed by atoms with Gasteiger partial charge in [-0.05, 0) is 40.2 Å². The van der Waals surface area contributed by atoms with Crippen molar-refractivity contribution in [1.82, 2.24) is 0 Å². The first kappa shape index (κ1) is 15.2. The van der Waals surface area contributed by atoms with E-state index in [4.69, 9.17) is 11.6 Å². The number of thiophene rings is 1. The van der Waals surface area contributed by atoms with Crippen LogP contribution in [0.25, 0.3) is 0 Å². The average Bonchev–Trinajstić information content (AvgIpc) is 2.78. The number of nitrogens with zero attached hydrogens (tertiary/aromatic N) is 1. The zero-order valence-electron chi connectivity index (χ0n) is 9.54. The zero-order chi connectivity index (χ0) is 14.9. The van der Waals surface area contributed by atoms with E-state index < -0.39 is 14.9 Å². The van der Waals surface area contributed by atoms with Gasteiger partial charge in [-0.25, -0.2) is 8.42 Å². The van der Waals surface area contributed by atoms with Crippen molar-refractivity contribution in [2.75, 3.05) is 4.72 Å². The van der Waals surface area contributed by atoms with Crippen LogP contribution in [-0.2, 0) is 10.0 Å². The van der Waals surface area contributed by atoms with Gasteiger partial charge in [-0.3, -0.25) is 14.8 Å². The lowest BCUT2D eigenvalue weighted by Gasteiger charge is -2.06. The molecule has 2 aromatic rings. The second-order valence-corrected chi connectivity index (χ2v) is 8.37. The maximum atomic E-state index is 12.1. The topological polar surface area (TPSA) is 89.3 Å². The summed E-state index contributed by atoms with van der Waals surface area (Å²) in [5.41, 5.74) is -0.287. The van der Waals surface area contributed by atoms with Crippen LogP contribution >= 0.6 is 38.9 Å². The molecule has 10 heteroatoms. The van der Waals surface area contributed by atoms with Gasteiger partial charge in [-0.15, -0.1) is 11.3 Å². The maximum absolute atomic E-state index is 12.1. The Bertz CT molecular complexity index is 775. The Morgan fingerprint density at radius 3 is 2.55 bits per heavy atom. The lowest BCUT2D eigenvalue weighted by molar-refractivity contribution is -0.384. The van der Waals surface area contributed by atoms with Crippen LogP contribution in [0.15, 0.2) is 38.3 Å². The van der Waals surface area contributed by atoms with E-state index in [1.807, 2.05) is 0 Å². The minimum atomic E-state index is -3.77. The number of nitro groups is 1. The molecule has 0 fully saturated rings. The van der Waals surface area contributed by atoms with Crippen molar-refractivity contribution in [2.45, 2.75) is 4.21 Å². The standard InChI is InChI=1S/C10H6BrClN2O4S2/c11-9-3-4-10(19-9)20(17,18)13-6-1-2-7(12)8(5-6)14(15)16/h1-5,13H. The highest BCUT2D eigenvalue weighted by molar-refractivity contribution is 9.11. The van der Waals surface area contributed by atoms with E-state index in [1.54, 1.807) is 6.07 Å². The second-order valence-electron chi connectivity index (χ2n) is 3.59. The van der Waals surface area contributed by atoms with Crippen LogP contribution in [0.5, 0.6) is 0 Å². The monoisotopic (exact) mass is 396 g/mol. The van der Waals surface area contributed by atoms with E-state index in [-0.39, 0.29) is 20.6 Å². The SMILES string of the molecule is O=[N+]([O-])c1cc(NS(=O)(=O)c2ccc(Br)s2)ccc1Cl. The Kier molecular flexibility index (Phi) is 4.33. The molecule has 106 valence electrons. The number of benzene rings is 1. The average molecular weight is 398 g/mol. The predicted molar refractivity (Wildman–Crippen MR) is 80.9 cm³/mol. The Hall–Kier alpha value is -1.16. The number of hydrogen-bond donors (Lipinski definition) is 1. The van der Waals surface area contributed by atoms with Gasteiger partial charge in [0.05, 0.1) is 14.4 Å². The predicted octanol–water partition coefficient (Wildman–Crippen LogP) is 3.87. The molecule has 1 N–H and O–H groups in total. The van der Waals surface area contributed by atoms with Gasteiger partial charge >= 0.3 is 0 Å². The molecule has 1 aromatic carbocycles. The Morgan fingerprint density at radius 2 is 2.00 bits per heavy atom. The number of anilines is 1. The summed E-state index contributed by atoms with van der Waals surface area (Å²) in [6, 6.07) is 6.73. The molecular weight excluding hydrogens is 392 g/mol. The lowest BCUT2D eigenvalue weighted by atomic mass is 10.3. The van der Waals surface area contributed by atoms with Crippen LogP contribution in [0.2, 0.25) is 5.02 Å². The van der Waals surface area contributed by atoms with Crippen LogP contribution in [0.3, 0.4) is 0 Å². The second kappa shape index (κ2) is 5.68. The summed E-state index contributed by atoms with van der Waals surface area (Å²) in [6.45, 7) is 0. The van der Waals surface area contributed by atoms with Crippen LogP contribution < -0.4 is 4.72 Å². The number of nitro benzene ring substituents is 1. The first-order chi connectivity index (χ1) is 9.29. The summed E-state index contributed by atoms with van der Waals surface area (Å²) in [5, 5.41) is 10.7. The minimum Gasteiger partial charge on any atom is -0.279 e. The Balaban J connectivity index is 2.35. The van der Waals surface area contributed by atoms with Crippen molar-refractivity contribution >= 4 is 60.3 Å². The molecule has 0 radical (unpaired) electrons. The van der Waals surface area contributed by atoms with Gasteiger partial charge in [0.25, 0.3) is 15.7 Å². The summed E-state index contributed by atoms with van der Waals surface area (Å²) in [6.07, 6.45) is 0. The molecule has 0 spiro atoms. The highest BCUT2D eigenvalue weighted by Crippen LogP contribution is 2.30. The third-order valence-corrected chi connectivity index (χ3v) is 6.02. The summed E-state index contributed by atoms with van der Waals surface area (Å²) in [4.78, 5) is 10.1. The quantitative estimate of drug-likeness (QED) is 0.626. The molecule has 1 heterocycles. The summed E-state index contributed by atoms with van der Waals surface area (Å²) in [5.74, 6) is 0. The molecular formula is C10H6BrClN2O4S2. The molecule has 0 aliphatic heterocycles. The molecule has 0 aliphatic carbocycles. The summed E-state index contributed by atoms with van der Waals surface area (Å²) >= 11 is 9.86. The molecule has 0 amide bonds. The minimum absolute atomic E-state index is 0.0585. The van der Waals surface area contributed by atoms with Gasteiger partial charge in [0.15, 0.2) is 0 Å². The van der Waals surface area contributed by atoms with Gasteiger partial charge in [0.2, 0.25) is 0 Å². The fraction of sp³-hybridized carbons (Fsp3) is 0. The number of halogens is 2. The van der Waals surface area contributed by atoms with Crippen molar-refractivity contribution in [1.29, 1.82) is 0 Å². The van der Waals surface area contributed by atoms with Gasteiger partial charge in [-0.1, -0.05) is 11.6 Å². The molecule has 0 saturated heterocycles. The van der Waals surface area contributed by atoms with E-state index in [9.17, 15) is 18.5 Å². The normalized spacial score (nSPS) is 11.3. The van der Waals surface area contributed by atoms with Gasteiger partial charge in [0.1, 0.15) is 9.23 Å². The first-order valence-corrected chi connectivity index (χ1v) is 8.49. The van der Waals surface area contributed by atoms with Crippen LogP contribution in [-0.4, -0.2) is 13.3 Å². The molecule has 0 aliphatic rings. The molecule has 0 unspecified atom stereocenters. The zero-order valence-corrected chi connectivity index (χ0v) is 13.5. The van der Waals surface area contributed by atoms with E-state index in [0.29, 0.717) is 3.79 Å². The van der Waals surface area contributed by atoms with Crippen LogP contribution in [0.4, 0.5) is 11.4 Å². The van der Waals surface area contributed by atoms with Crippen molar-refractivity contribution in [2.24, 2.45) is 0 Å². The van der Waals surface area contributed by atoms with Crippen molar-refractivity contribution in [3.05, 3.63) is 49.3 Å². The third-order valence-electron chi connectivity index (χ3n) is 2.21. The van der Waals surface area contributed by atoms with Gasteiger partial charge < -0.3 is 0 Å². The fourth-order valence-electron chi connectivity index (χ4n) is 1.36. The highest BCUT2D eigenvalue weighted by Gasteiger charge is 2.19. The largest absolute Gasteiger partial charge is 0.289 e. The van der Waals surface area contributed by atoms with Crippen molar-refractivity contribution in [3.63, 3.8) is 0 Å². The smallest absolute Gasteiger partial charge is 0.279 e. The molecule has 0 bridgehead atoms. The molecule has 2 rings (SSSR count). The van der Waals surface area contributed by atoms with E-state index >= 15 is 0 Å². The molecule has 6 nitrogen and oxygen atoms in total. The van der Waals surface area contributed by atoms with Crippen LogP contribution in [0, 0.1) is 10.1 Å². The van der Waals surface area contributed by atoms with Crippen molar-refractivity contribution in [3.8, 4) is 0 Å². The van der Waals surface area contributed by atoms with E-state index in [0.717, 1.165) is 17.4 Å². The van der Waals surface area contributed by atoms with Gasteiger partial charge in [0, 0.05) is 6.07 Å². The summed E-state index contributed by atoms with van der Waals surface area (Å²) < 4.78 is 27.1. The highest BCUT2D eigenvalue weighted by atomic mass is 79.9. The number of hydrogen-bond acceptors (Lipinski definition) is 5. The van der Waals surface area contributed by atoms with Crippen LogP contribution in [0.1, 0.15) is 0 Å². The Morgan fingerprint density at radius 1 is 1.30 bits per heavy atom. The van der Waals surface area contributed by atoms with Gasteiger partial charge in [-0.2, -0.15) is 0 Å². The number of sulfonamides is 1. The lowest BCUT2D eigenvalue weighted by Crippen LogP contribution is -2.11. The summed E-state index contributed by atoms with van der Waals surface area (Å²) in [7, 11) is -3.77. The molecule has 1 aromatic heterocycles. The Labute approximate surface area is 131 Å². The van der Waals surface area contributed by atoms with Crippen molar-refractivity contribution < 1.29 is 13.3 Å².